The van der Waals surface area contributed by atoms with Crippen molar-refractivity contribution in [2.45, 2.75) is 11.8 Å². The van der Waals surface area contributed by atoms with Crippen molar-refractivity contribution in [1.29, 1.82) is 0 Å². The largest absolute Gasteiger partial charge is 0.465 e. The molecule has 0 aliphatic heterocycles. The number of methoxy groups -OCH3 is 1. The summed E-state index contributed by atoms with van der Waals surface area (Å²) in [7, 11) is 1.35. The van der Waals surface area contributed by atoms with Crippen LogP contribution in [0.3, 0.4) is 0 Å². The quantitative estimate of drug-likeness (QED) is 0.221. The van der Waals surface area contributed by atoms with Crippen LogP contribution in [0.15, 0.2) is 82.2 Å². The maximum absolute atomic E-state index is 13.7. The van der Waals surface area contributed by atoms with Crippen LogP contribution in [-0.2, 0) is 4.74 Å². The number of rotatable bonds is 5. The highest BCUT2D eigenvalue weighted by molar-refractivity contribution is 9.10. The van der Waals surface area contributed by atoms with Gasteiger partial charge in [-0.05, 0) is 77.0 Å². The van der Waals surface area contributed by atoms with Crippen LogP contribution in [-0.4, -0.2) is 25.2 Å². The fourth-order valence-electron chi connectivity index (χ4n) is 3.91. The van der Waals surface area contributed by atoms with Crippen LogP contribution in [0.4, 0.5) is 5.69 Å². The Bertz CT molecular complexity index is 1370. The van der Waals surface area contributed by atoms with Gasteiger partial charge in [-0.2, -0.15) is 0 Å². The number of thioether (sulfide) groups is 1. The average Bonchev–Trinajstić information content (AvgIpc) is 2.83. The molecule has 0 aromatic heterocycles. The molecule has 166 valence electrons. The molecule has 0 radical (unpaired) electrons. The van der Waals surface area contributed by atoms with Gasteiger partial charge in [0.05, 0.1) is 23.9 Å². The molecule has 0 atom stereocenters. The molecule has 0 bridgehead atoms. The summed E-state index contributed by atoms with van der Waals surface area (Å²) in [6.07, 6.45) is 1.90. The molecule has 4 nitrogen and oxygen atoms in total. The minimum Gasteiger partial charge on any atom is -0.465 e. The van der Waals surface area contributed by atoms with Crippen LogP contribution in [0.2, 0.25) is 0 Å². The van der Waals surface area contributed by atoms with Gasteiger partial charge in [0.25, 0.3) is 5.91 Å². The highest BCUT2D eigenvalue weighted by Crippen LogP contribution is 2.35. The topological polar surface area (TPSA) is 55.4 Å². The number of carbonyl (C=O) groups is 2. The number of hydrogen-bond donors (Lipinski definition) is 1. The highest BCUT2D eigenvalue weighted by Gasteiger charge is 2.20. The molecule has 0 unspecified atom stereocenters. The molecule has 0 fully saturated rings. The van der Waals surface area contributed by atoms with E-state index >= 15 is 0 Å². The number of benzene rings is 4. The van der Waals surface area contributed by atoms with E-state index in [-0.39, 0.29) is 5.91 Å². The number of halogens is 1. The number of esters is 1. The lowest BCUT2D eigenvalue weighted by molar-refractivity contribution is 0.0600. The predicted molar refractivity (Wildman–Crippen MR) is 139 cm³/mol. The SMILES string of the molecule is COC(=O)c1ccc(NC(=O)c2c(C)c(-c3ccccc3)cc3ccc(Br)cc23)c(SC)c1. The monoisotopic (exact) mass is 519 g/mol. The molecule has 0 spiro atoms. The molecule has 0 saturated carbocycles. The number of hydrogen-bond acceptors (Lipinski definition) is 4. The minimum atomic E-state index is -0.412. The molecular weight excluding hydrogens is 498 g/mol. The van der Waals surface area contributed by atoms with E-state index in [9.17, 15) is 9.59 Å². The molecule has 4 aromatic rings. The van der Waals surface area contributed by atoms with Crippen molar-refractivity contribution < 1.29 is 14.3 Å². The molecule has 4 aromatic carbocycles. The molecule has 4 rings (SSSR count). The standard InChI is InChI=1S/C27H22BrNO3S/c1-16-21(17-7-5-4-6-8-17)13-18-9-11-20(28)15-22(18)25(16)26(30)29-23-12-10-19(27(31)32-2)14-24(23)33-3/h4-15H,1-3H3,(H,29,30). The van der Waals surface area contributed by atoms with Gasteiger partial charge in [-0.1, -0.05) is 52.3 Å². The summed E-state index contributed by atoms with van der Waals surface area (Å²) in [6.45, 7) is 1.98. The van der Waals surface area contributed by atoms with Gasteiger partial charge in [0.1, 0.15) is 0 Å². The first-order chi connectivity index (χ1) is 15.9. The maximum Gasteiger partial charge on any atom is 0.337 e. The smallest absolute Gasteiger partial charge is 0.337 e. The summed E-state index contributed by atoms with van der Waals surface area (Å²) in [5.41, 5.74) is 4.69. The molecule has 0 aliphatic rings. The number of carbonyl (C=O) groups excluding carboxylic acids is 2. The molecule has 0 saturated heterocycles. The second-order valence-corrected chi connectivity index (χ2v) is 9.28. The Kier molecular flexibility index (Phi) is 6.86. The third-order valence-corrected chi connectivity index (χ3v) is 6.82. The first-order valence-electron chi connectivity index (χ1n) is 10.3. The minimum absolute atomic E-state index is 0.200. The van der Waals surface area contributed by atoms with Gasteiger partial charge < -0.3 is 10.1 Å². The fourth-order valence-corrected chi connectivity index (χ4v) is 4.85. The Morgan fingerprint density at radius 3 is 2.42 bits per heavy atom. The molecule has 6 heteroatoms. The third kappa shape index (κ3) is 4.68. The average molecular weight is 520 g/mol. The molecule has 0 aliphatic carbocycles. The van der Waals surface area contributed by atoms with Crippen LogP contribution in [0.25, 0.3) is 21.9 Å². The lowest BCUT2D eigenvalue weighted by Gasteiger charge is -2.17. The number of amides is 1. The van der Waals surface area contributed by atoms with Crippen molar-refractivity contribution in [1.82, 2.24) is 0 Å². The second kappa shape index (κ2) is 9.81. The second-order valence-electron chi connectivity index (χ2n) is 7.52. The van der Waals surface area contributed by atoms with E-state index in [0.29, 0.717) is 16.8 Å². The first-order valence-corrected chi connectivity index (χ1v) is 12.3. The van der Waals surface area contributed by atoms with Crippen LogP contribution >= 0.6 is 27.7 Å². The van der Waals surface area contributed by atoms with Gasteiger partial charge in [0.2, 0.25) is 0 Å². The van der Waals surface area contributed by atoms with Crippen LogP contribution in [0, 0.1) is 6.92 Å². The van der Waals surface area contributed by atoms with E-state index in [2.05, 4.69) is 27.3 Å². The van der Waals surface area contributed by atoms with Crippen molar-refractivity contribution in [3.8, 4) is 11.1 Å². The maximum atomic E-state index is 13.7. The Morgan fingerprint density at radius 2 is 1.73 bits per heavy atom. The van der Waals surface area contributed by atoms with E-state index in [1.165, 1.54) is 18.9 Å². The van der Waals surface area contributed by atoms with Crippen molar-refractivity contribution in [3.05, 3.63) is 94.0 Å². The van der Waals surface area contributed by atoms with Gasteiger partial charge in [-0.25, -0.2) is 4.79 Å². The molecule has 33 heavy (non-hydrogen) atoms. The predicted octanol–water partition coefficient (Wildman–Crippen LogP) is 7.34. The molecule has 1 amide bonds. The van der Waals surface area contributed by atoms with Crippen LogP contribution in [0.1, 0.15) is 26.3 Å². The van der Waals surface area contributed by atoms with Crippen LogP contribution in [0.5, 0.6) is 0 Å². The summed E-state index contributed by atoms with van der Waals surface area (Å²) >= 11 is 5.00. The van der Waals surface area contributed by atoms with Gasteiger partial charge in [-0.3, -0.25) is 4.79 Å². The Labute approximate surface area is 205 Å². The van der Waals surface area contributed by atoms with Gasteiger partial charge in [-0.15, -0.1) is 11.8 Å². The van der Waals surface area contributed by atoms with E-state index in [4.69, 9.17) is 4.74 Å². The first kappa shape index (κ1) is 23.1. The Hall–Kier alpha value is -3.09. The zero-order chi connectivity index (χ0) is 23.5. The van der Waals surface area contributed by atoms with Crippen molar-refractivity contribution in [2.75, 3.05) is 18.7 Å². The van der Waals surface area contributed by atoms with E-state index in [1.54, 1.807) is 18.2 Å². The number of anilines is 1. The fraction of sp³-hybridized carbons (Fsp3) is 0.111. The molecular formula is C27H22BrNO3S. The van der Waals surface area contributed by atoms with E-state index < -0.39 is 5.97 Å². The normalized spacial score (nSPS) is 10.8. The Morgan fingerprint density at radius 1 is 0.970 bits per heavy atom. The van der Waals surface area contributed by atoms with E-state index in [1.807, 2.05) is 61.7 Å². The molecule has 0 heterocycles. The summed E-state index contributed by atoms with van der Waals surface area (Å²) in [5, 5.41) is 4.92. The van der Waals surface area contributed by atoms with Crippen LogP contribution < -0.4 is 5.32 Å². The van der Waals surface area contributed by atoms with Crippen molar-refractivity contribution in [2.24, 2.45) is 0 Å². The lowest BCUT2D eigenvalue weighted by Crippen LogP contribution is -2.15. The van der Waals surface area contributed by atoms with Crippen molar-refractivity contribution >= 4 is 56.0 Å². The van der Waals surface area contributed by atoms with E-state index in [0.717, 1.165) is 36.8 Å². The zero-order valence-electron chi connectivity index (χ0n) is 18.4. The van der Waals surface area contributed by atoms with Gasteiger partial charge >= 0.3 is 5.97 Å². The highest BCUT2D eigenvalue weighted by atomic mass is 79.9. The Balaban J connectivity index is 1.84. The number of fused-ring (bicyclic) bond motifs is 1. The summed E-state index contributed by atoms with van der Waals surface area (Å²) < 4.78 is 5.72. The number of nitrogens with one attached hydrogen (secondary N) is 1. The summed E-state index contributed by atoms with van der Waals surface area (Å²) in [5.74, 6) is -0.611. The number of ether oxygens (including phenoxy) is 1. The third-order valence-electron chi connectivity index (χ3n) is 5.55. The van der Waals surface area contributed by atoms with Gasteiger partial charge in [0, 0.05) is 9.37 Å². The zero-order valence-corrected chi connectivity index (χ0v) is 20.8. The summed E-state index contributed by atoms with van der Waals surface area (Å²) in [6, 6.07) is 23.3. The van der Waals surface area contributed by atoms with Crippen molar-refractivity contribution in [3.63, 3.8) is 0 Å². The molecule has 1 N–H and O–H groups in total. The summed E-state index contributed by atoms with van der Waals surface area (Å²) in [4.78, 5) is 26.4. The lowest BCUT2D eigenvalue weighted by atomic mass is 9.91. The van der Waals surface area contributed by atoms with Gasteiger partial charge in [0.15, 0.2) is 0 Å².